The van der Waals surface area contributed by atoms with Gasteiger partial charge in [-0.25, -0.2) is 0 Å². The van der Waals surface area contributed by atoms with Gasteiger partial charge >= 0.3 is 0 Å². The van der Waals surface area contributed by atoms with Gasteiger partial charge in [-0.3, -0.25) is 0 Å². The molecule has 1 aromatic carbocycles. The van der Waals surface area contributed by atoms with Crippen molar-refractivity contribution >= 4 is 28.5 Å². The summed E-state index contributed by atoms with van der Waals surface area (Å²) in [5, 5.41) is 4.51. The molecule has 1 fully saturated rings. The highest BCUT2D eigenvalue weighted by atomic mass is 15.3. The van der Waals surface area contributed by atoms with E-state index in [2.05, 4.69) is 59.4 Å². The molecule has 1 saturated heterocycles. The molecular formula is C19H23N5. The largest absolute Gasteiger partial charge is 0.343 e. The second kappa shape index (κ2) is 6.15. The Morgan fingerprint density at radius 3 is 2.58 bits per heavy atom. The molecule has 1 aliphatic rings. The van der Waals surface area contributed by atoms with Gasteiger partial charge in [0, 0.05) is 24.5 Å². The lowest BCUT2D eigenvalue weighted by Gasteiger charge is -2.16. The third-order valence-corrected chi connectivity index (χ3v) is 4.62. The van der Waals surface area contributed by atoms with Gasteiger partial charge in [0.25, 0.3) is 0 Å². The highest BCUT2D eigenvalue weighted by Crippen LogP contribution is 2.28. The van der Waals surface area contributed by atoms with Crippen molar-refractivity contribution in [1.82, 2.24) is 15.0 Å². The molecule has 1 aliphatic heterocycles. The predicted octanol–water partition coefficient (Wildman–Crippen LogP) is 4.17. The van der Waals surface area contributed by atoms with Crippen molar-refractivity contribution in [3.05, 3.63) is 41.6 Å². The van der Waals surface area contributed by atoms with Crippen molar-refractivity contribution in [2.75, 3.05) is 23.3 Å². The number of nitrogens with one attached hydrogen (secondary N) is 2. The fourth-order valence-electron chi connectivity index (χ4n) is 3.24. The zero-order valence-corrected chi connectivity index (χ0v) is 14.3. The molecule has 5 nitrogen and oxygen atoms in total. The second-order valence-corrected chi connectivity index (χ2v) is 6.46. The first-order valence-electron chi connectivity index (χ1n) is 8.71. The van der Waals surface area contributed by atoms with Gasteiger partial charge in [-0.1, -0.05) is 19.1 Å². The summed E-state index contributed by atoms with van der Waals surface area (Å²) < 4.78 is 0. The van der Waals surface area contributed by atoms with E-state index in [1.165, 1.54) is 18.4 Å². The van der Waals surface area contributed by atoms with Crippen LogP contribution >= 0.6 is 0 Å². The number of H-pyrrole nitrogens is 1. The van der Waals surface area contributed by atoms with E-state index >= 15 is 0 Å². The normalized spacial score (nSPS) is 14.5. The fourth-order valence-corrected chi connectivity index (χ4v) is 3.24. The topological polar surface area (TPSA) is 56.8 Å². The van der Waals surface area contributed by atoms with E-state index in [1.54, 1.807) is 0 Å². The number of aryl methyl sites for hydroxylation is 2. The van der Waals surface area contributed by atoms with Crippen LogP contribution in [-0.4, -0.2) is 28.0 Å². The molecule has 3 aromatic rings. The van der Waals surface area contributed by atoms with Gasteiger partial charge in [0.2, 0.25) is 5.95 Å². The first-order chi connectivity index (χ1) is 11.7. The second-order valence-electron chi connectivity index (χ2n) is 6.46. The zero-order chi connectivity index (χ0) is 16.5. The molecule has 2 N–H and O–H groups in total. The Hall–Kier alpha value is -2.56. The van der Waals surface area contributed by atoms with Crippen molar-refractivity contribution < 1.29 is 0 Å². The van der Waals surface area contributed by atoms with E-state index in [4.69, 9.17) is 9.97 Å². The lowest BCUT2D eigenvalue weighted by molar-refractivity contribution is 0.907. The van der Waals surface area contributed by atoms with Crippen LogP contribution in [0.5, 0.6) is 0 Å². The van der Waals surface area contributed by atoms with Crippen LogP contribution in [0.1, 0.15) is 31.0 Å². The predicted molar refractivity (Wildman–Crippen MR) is 99.2 cm³/mol. The number of hydrogen-bond donors (Lipinski definition) is 2. The summed E-state index contributed by atoms with van der Waals surface area (Å²) in [5.74, 6) is 1.69. The highest BCUT2D eigenvalue weighted by molar-refractivity contribution is 5.90. The first-order valence-corrected chi connectivity index (χ1v) is 8.71. The number of nitrogens with zero attached hydrogens (tertiary/aromatic N) is 3. The molecule has 0 atom stereocenters. The molecule has 3 heterocycles. The van der Waals surface area contributed by atoms with Crippen LogP contribution in [0.4, 0.5) is 17.5 Å². The lowest BCUT2D eigenvalue weighted by atomic mass is 10.1. The third-order valence-electron chi connectivity index (χ3n) is 4.62. The molecule has 0 unspecified atom stereocenters. The van der Waals surface area contributed by atoms with Gasteiger partial charge in [-0.05, 0) is 49.9 Å². The molecule has 0 aliphatic carbocycles. The quantitative estimate of drug-likeness (QED) is 0.757. The number of aromatic nitrogens is 3. The maximum absolute atomic E-state index is 4.82. The summed E-state index contributed by atoms with van der Waals surface area (Å²) in [6, 6.07) is 10.6. The van der Waals surface area contributed by atoms with E-state index in [1.807, 2.05) is 0 Å². The summed E-state index contributed by atoms with van der Waals surface area (Å²) in [7, 11) is 0. The first kappa shape index (κ1) is 15.0. The number of hydrogen-bond acceptors (Lipinski definition) is 4. The third kappa shape index (κ3) is 2.82. The minimum Gasteiger partial charge on any atom is -0.343 e. The van der Waals surface area contributed by atoms with Gasteiger partial charge in [-0.2, -0.15) is 9.97 Å². The Kier molecular flexibility index (Phi) is 3.84. The smallest absolute Gasteiger partial charge is 0.229 e. The summed E-state index contributed by atoms with van der Waals surface area (Å²) in [5.41, 5.74) is 4.39. The Bertz CT molecular complexity index is 844. The number of aromatic amines is 1. The SMILES string of the molecule is CCc1ccc(Nc2nc(N3CCCC3)nc3[nH]c(C)cc23)cc1. The molecular weight excluding hydrogens is 298 g/mol. The molecule has 0 saturated carbocycles. The highest BCUT2D eigenvalue weighted by Gasteiger charge is 2.18. The molecule has 124 valence electrons. The number of benzene rings is 1. The molecule has 24 heavy (non-hydrogen) atoms. The molecule has 4 rings (SSSR count). The van der Waals surface area contributed by atoms with Crippen LogP contribution in [0.3, 0.4) is 0 Å². The van der Waals surface area contributed by atoms with Crippen molar-refractivity contribution in [2.45, 2.75) is 33.1 Å². The molecule has 0 spiro atoms. The summed E-state index contributed by atoms with van der Waals surface area (Å²) in [4.78, 5) is 15.2. The standard InChI is InChI=1S/C19H23N5/c1-3-14-6-8-15(9-7-14)21-18-16-12-13(2)20-17(16)22-19(23-18)24-10-4-5-11-24/h6-9,12H,3-5,10-11H2,1-2H3,(H2,20,21,22,23). The maximum Gasteiger partial charge on any atom is 0.229 e. The Balaban J connectivity index is 1.73. The van der Waals surface area contributed by atoms with Crippen LogP contribution in [-0.2, 0) is 6.42 Å². The maximum atomic E-state index is 4.82. The van der Waals surface area contributed by atoms with E-state index in [0.29, 0.717) is 0 Å². The van der Waals surface area contributed by atoms with Gasteiger partial charge in [-0.15, -0.1) is 0 Å². The van der Waals surface area contributed by atoms with Crippen molar-refractivity contribution in [3.8, 4) is 0 Å². The van der Waals surface area contributed by atoms with Crippen LogP contribution < -0.4 is 10.2 Å². The zero-order valence-electron chi connectivity index (χ0n) is 14.3. The minimum atomic E-state index is 0.814. The average Bonchev–Trinajstić information content (AvgIpc) is 3.24. The van der Waals surface area contributed by atoms with Gasteiger partial charge < -0.3 is 15.2 Å². The van der Waals surface area contributed by atoms with Gasteiger partial charge in [0.15, 0.2) is 0 Å². The van der Waals surface area contributed by atoms with Crippen LogP contribution in [0.15, 0.2) is 30.3 Å². The Morgan fingerprint density at radius 2 is 1.88 bits per heavy atom. The molecule has 2 aromatic heterocycles. The van der Waals surface area contributed by atoms with Crippen LogP contribution in [0.2, 0.25) is 0 Å². The van der Waals surface area contributed by atoms with E-state index < -0.39 is 0 Å². The summed E-state index contributed by atoms with van der Waals surface area (Å²) in [6.45, 7) is 6.30. The molecule has 0 bridgehead atoms. The molecule has 5 heteroatoms. The summed E-state index contributed by atoms with van der Waals surface area (Å²) >= 11 is 0. The van der Waals surface area contributed by atoms with Crippen molar-refractivity contribution in [3.63, 3.8) is 0 Å². The summed E-state index contributed by atoms with van der Waals surface area (Å²) in [6.07, 6.45) is 3.48. The van der Waals surface area contributed by atoms with Gasteiger partial charge in [0.05, 0.1) is 5.39 Å². The number of anilines is 3. The minimum absolute atomic E-state index is 0.814. The molecule has 0 radical (unpaired) electrons. The van der Waals surface area contributed by atoms with E-state index in [-0.39, 0.29) is 0 Å². The number of rotatable bonds is 4. The van der Waals surface area contributed by atoms with Crippen molar-refractivity contribution in [1.29, 1.82) is 0 Å². The Labute approximate surface area is 142 Å². The van der Waals surface area contributed by atoms with Crippen LogP contribution in [0, 0.1) is 6.92 Å². The van der Waals surface area contributed by atoms with E-state index in [9.17, 15) is 0 Å². The van der Waals surface area contributed by atoms with Gasteiger partial charge in [0.1, 0.15) is 11.5 Å². The Morgan fingerprint density at radius 1 is 1.12 bits per heavy atom. The monoisotopic (exact) mass is 321 g/mol. The average molecular weight is 321 g/mol. The number of fused-ring (bicyclic) bond motifs is 1. The van der Waals surface area contributed by atoms with E-state index in [0.717, 1.165) is 53.7 Å². The fraction of sp³-hybridized carbons (Fsp3) is 0.368. The lowest BCUT2D eigenvalue weighted by Crippen LogP contribution is -2.20. The molecule has 0 amide bonds. The van der Waals surface area contributed by atoms with Crippen LogP contribution in [0.25, 0.3) is 11.0 Å². The van der Waals surface area contributed by atoms with Crippen molar-refractivity contribution in [2.24, 2.45) is 0 Å².